The molecule has 0 saturated carbocycles. The van der Waals surface area contributed by atoms with Crippen LogP contribution in [0.3, 0.4) is 0 Å². The highest BCUT2D eigenvalue weighted by Crippen LogP contribution is 2.37. The number of hydrogen-bond acceptors (Lipinski definition) is 7. The molecule has 1 aliphatic rings. The van der Waals surface area contributed by atoms with Gasteiger partial charge in [0.2, 0.25) is 5.91 Å². The van der Waals surface area contributed by atoms with E-state index in [9.17, 15) is 9.59 Å². The zero-order chi connectivity index (χ0) is 30.2. The fourth-order valence-electron chi connectivity index (χ4n) is 5.92. The molecule has 9 nitrogen and oxygen atoms in total. The average Bonchev–Trinajstić information content (AvgIpc) is 3.00. The summed E-state index contributed by atoms with van der Waals surface area (Å²) in [5.74, 6) is 0.700. The molecule has 2 aromatic carbocycles. The summed E-state index contributed by atoms with van der Waals surface area (Å²) in [5.41, 5.74) is 8.87. The number of anilines is 2. The molecule has 1 aliphatic heterocycles. The van der Waals surface area contributed by atoms with E-state index in [0.717, 1.165) is 34.9 Å². The molecule has 1 fully saturated rings. The largest absolute Gasteiger partial charge is 0.384 e. The molecule has 1 saturated heterocycles. The van der Waals surface area contributed by atoms with E-state index < -0.39 is 5.69 Å². The van der Waals surface area contributed by atoms with Crippen molar-refractivity contribution in [1.29, 1.82) is 0 Å². The number of carbonyl (C=O) groups excluding carboxylic acids is 1. The molecule has 0 unspecified atom stereocenters. The summed E-state index contributed by atoms with van der Waals surface area (Å²) in [6.07, 6.45) is 3.01. The van der Waals surface area contributed by atoms with Crippen molar-refractivity contribution in [1.82, 2.24) is 24.4 Å². The normalized spacial score (nSPS) is 15.3. The van der Waals surface area contributed by atoms with E-state index in [0.29, 0.717) is 58.7 Å². The zero-order valence-corrected chi connectivity index (χ0v) is 24.9. The number of nitrogens with two attached hydrogens (primary N) is 1. The minimum absolute atomic E-state index is 0.117. The molecule has 4 heterocycles. The van der Waals surface area contributed by atoms with E-state index in [-0.39, 0.29) is 11.9 Å². The van der Waals surface area contributed by atoms with Gasteiger partial charge in [0.15, 0.2) is 5.65 Å². The Hall–Kier alpha value is -4.76. The maximum Gasteiger partial charge on any atom is 0.355 e. The van der Waals surface area contributed by atoms with E-state index >= 15 is 0 Å². The molecule has 0 spiro atoms. The summed E-state index contributed by atoms with van der Waals surface area (Å²) < 4.78 is 1.57. The van der Waals surface area contributed by atoms with Crippen molar-refractivity contribution in [3.05, 3.63) is 94.4 Å². The highest BCUT2D eigenvalue weighted by Gasteiger charge is 2.30. The lowest BCUT2D eigenvalue weighted by Crippen LogP contribution is -2.54. The van der Waals surface area contributed by atoms with Crippen molar-refractivity contribution in [2.45, 2.75) is 32.7 Å². The number of halogens is 1. The van der Waals surface area contributed by atoms with E-state index in [2.05, 4.69) is 23.5 Å². The molecule has 218 valence electrons. The molecule has 3 aromatic heterocycles. The summed E-state index contributed by atoms with van der Waals surface area (Å²) >= 11 is 7.00. The Bertz CT molecular complexity index is 1950. The second kappa shape index (κ2) is 11.5. The number of amides is 1. The standard InChI is InChI=1S/C33H32ClN7O2/c1-4-10-21-11-7-9-14-26(21)41-32-24(31(38-33(41)43)40-16-15-39(19-20(40)3)28(42)5-2)18-25(34)30(37-32)29-23-13-8-6-12-22(23)17-27(35)36-29/h5-9,11-14,17-18,20H,2,4,10,15-16,19H2,1,3H3,(H2,35,36)/t20-/m0/s1. The number of fused-ring (bicyclic) bond motifs is 2. The van der Waals surface area contributed by atoms with E-state index in [1.807, 2.05) is 72.5 Å². The van der Waals surface area contributed by atoms with Gasteiger partial charge in [-0.1, -0.05) is 74.0 Å². The predicted octanol–water partition coefficient (Wildman–Crippen LogP) is 5.41. The average molecular weight is 594 g/mol. The van der Waals surface area contributed by atoms with E-state index in [1.54, 1.807) is 9.47 Å². The lowest BCUT2D eigenvalue weighted by Gasteiger charge is -2.40. The molecule has 0 aliphatic carbocycles. The first-order valence-electron chi connectivity index (χ1n) is 14.4. The van der Waals surface area contributed by atoms with Gasteiger partial charge in [0.25, 0.3) is 0 Å². The molecule has 0 bridgehead atoms. The molecule has 1 amide bonds. The lowest BCUT2D eigenvalue weighted by atomic mass is 10.1. The summed E-state index contributed by atoms with van der Waals surface area (Å²) in [7, 11) is 0. The van der Waals surface area contributed by atoms with Gasteiger partial charge in [-0.2, -0.15) is 4.98 Å². The molecule has 2 N–H and O–H groups in total. The van der Waals surface area contributed by atoms with Gasteiger partial charge in [0, 0.05) is 31.1 Å². The number of carbonyl (C=O) groups is 1. The topological polar surface area (TPSA) is 110 Å². The Morgan fingerprint density at radius 2 is 1.81 bits per heavy atom. The van der Waals surface area contributed by atoms with Crippen LogP contribution in [0.15, 0.2) is 78.1 Å². The Morgan fingerprint density at radius 3 is 2.58 bits per heavy atom. The Labute approximate surface area is 254 Å². The first-order valence-corrected chi connectivity index (χ1v) is 14.7. The summed E-state index contributed by atoms with van der Waals surface area (Å²) in [6, 6.07) is 19.1. The van der Waals surface area contributed by atoms with Gasteiger partial charge in [-0.25, -0.2) is 19.3 Å². The number of piperazine rings is 1. The third kappa shape index (κ3) is 5.10. The van der Waals surface area contributed by atoms with Gasteiger partial charge in [0.1, 0.15) is 23.0 Å². The van der Waals surface area contributed by atoms with E-state index in [1.165, 1.54) is 6.08 Å². The van der Waals surface area contributed by atoms with Crippen molar-refractivity contribution < 1.29 is 4.79 Å². The van der Waals surface area contributed by atoms with Crippen LogP contribution in [0.1, 0.15) is 25.8 Å². The minimum Gasteiger partial charge on any atom is -0.384 e. The van der Waals surface area contributed by atoms with Gasteiger partial charge < -0.3 is 15.5 Å². The van der Waals surface area contributed by atoms with Gasteiger partial charge in [-0.3, -0.25) is 4.79 Å². The number of rotatable bonds is 6. The van der Waals surface area contributed by atoms with Crippen LogP contribution in [0, 0.1) is 0 Å². The number of hydrogen-bond donors (Lipinski definition) is 1. The molecule has 43 heavy (non-hydrogen) atoms. The van der Waals surface area contributed by atoms with Crippen LogP contribution in [0.25, 0.3) is 38.9 Å². The number of aryl methyl sites for hydroxylation is 1. The number of nitrogens with zero attached hydrogens (tertiary/aromatic N) is 6. The van der Waals surface area contributed by atoms with Crippen LogP contribution < -0.4 is 16.3 Å². The highest BCUT2D eigenvalue weighted by atomic mass is 35.5. The van der Waals surface area contributed by atoms with Gasteiger partial charge in [-0.15, -0.1) is 0 Å². The van der Waals surface area contributed by atoms with Gasteiger partial charge in [-0.05, 0) is 48.6 Å². The molecular weight excluding hydrogens is 562 g/mol. The van der Waals surface area contributed by atoms with Crippen LogP contribution in [0.5, 0.6) is 0 Å². The third-order valence-electron chi connectivity index (χ3n) is 7.92. The predicted molar refractivity (Wildman–Crippen MR) is 173 cm³/mol. The fourth-order valence-corrected chi connectivity index (χ4v) is 6.16. The number of nitrogen functional groups attached to an aromatic ring is 1. The zero-order valence-electron chi connectivity index (χ0n) is 24.1. The van der Waals surface area contributed by atoms with Crippen LogP contribution in [0.2, 0.25) is 5.02 Å². The Morgan fingerprint density at radius 1 is 1.05 bits per heavy atom. The molecule has 6 rings (SSSR count). The third-order valence-corrected chi connectivity index (χ3v) is 8.21. The molecule has 5 aromatic rings. The second-order valence-corrected chi connectivity index (χ2v) is 11.2. The van der Waals surface area contributed by atoms with Crippen LogP contribution in [-0.4, -0.2) is 56.0 Å². The van der Waals surface area contributed by atoms with Crippen molar-refractivity contribution in [2.75, 3.05) is 30.3 Å². The van der Waals surface area contributed by atoms with Crippen LogP contribution >= 0.6 is 11.6 Å². The van der Waals surface area contributed by atoms with Crippen LogP contribution in [-0.2, 0) is 11.2 Å². The summed E-state index contributed by atoms with van der Waals surface area (Å²) in [5, 5.41) is 2.74. The maximum atomic E-state index is 14.0. The molecule has 10 heteroatoms. The smallest absolute Gasteiger partial charge is 0.355 e. The Kier molecular flexibility index (Phi) is 7.58. The number of benzene rings is 2. The monoisotopic (exact) mass is 593 g/mol. The van der Waals surface area contributed by atoms with Crippen molar-refractivity contribution in [3.8, 4) is 17.1 Å². The quantitative estimate of drug-likeness (QED) is 0.262. The number of pyridine rings is 2. The first-order chi connectivity index (χ1) is 20.8. The van der Waals surface area contributed by atoms with Crippen molar-refractivity contribution >= 4 is 50.9 Å². The lowest BCUT2D eigenvalue weighted by molar-refractivity contribution is -0.126. The minimum atomic E-state index is -0.450. The molecule has 0 radical (unpaired) electrons. The Balaban J connectivity index is 1.63. The maximum absolute atomic E-state index is 14.0. The fraction of sp³-hybridized carbons (Fsp3) is 0.242. The van der Waals surface area contributed by atoms with E-state index in [4.69, 9.17) is 22.3 Å². The van der Waals surface area contributed by atoms with Gasteiger partial charge in [0.05, 0.1) is 16.1 Å². The van der Waals surface area contributed by atoms with Crippen molar-refractivity contribution in [2.24, 2.45) is 0 Å². The SMILES string of the molecule is C=CC(=O)N1CCN(c2nc(=O)n(-c3ccccc3CCC)c3nc(-c4nc(N)cc5ccccc45)c(Cl)cc23)[C@@H](C)C1. The molecule has 1 atom stereocenters. The highest BCUT2D eigenvalue weighted by molar-refractivity contribution is 6.34. The first kappa shape index (κ1) is 28.4. The van der Waals surface area contributed by atoms with Gasteiger partial charge >= 0.3 is 5.69 Å². The van der Waals surface area contributed by atoms with Crippen molar-refractivity contribution in [3.63, 3.8) is 0 Å². The second-order valence-electron chi connectivity index (χ2n) is 10.8. The number of aromatic nitrogens is 4. The number of para-hydroxylation sites is 1. The summed E-state index contributed by atoms with van der Waals surface area (Å²) in [6.45, 7) is 9.15. The summed E-state index contributed by atoms with van der Waals surface area (Å²) in [4.78, 5) is 44.5. The molecular formula is C33H32ClN7O2. The van der Waals surface area contributed by atoms with Crippen LogP contribution in [0.4, 0.5) is 11.6 Å².